The topological polar surface area (TPSA) is 70.3 Å². The van der Waals surface area contributed by atoms with Crippen LogP contribution >= 0.6 is 0 Å². The van der Waals surface area contributed by atoms with Crippen molar-refractivity contribution >= 4 is 10.9 Å². The second-order valence-electron chi connectivity index (χ2n) is 5.70. The average molecular weight is 311 g/mol. The number of rotatable bonds is 3. The zero-order valence-corrected chi connectivity index (χ0v) is 13.1. The molecule has 0 radical (unpaired) electrons. The first-order valence-corrected chi connectivity index (χ1v) is 7.65. The highest BCUT2D eigenvalue weighted by Gasteiger charge is 2.25. The standard InChI is InChI=1S/C17H17N3O3/c1-10-5-6-11-9-12(16(21-2)18-13(11)8-10)15-19-17(23-20-15)14-4-3-7-22-14/h5-6,8-9,14H,3-4,7H2,1-2H3. The van der Waals surface area contributed by atoms with Crippen molar-refractivity contribution in [1.82, 2.24) is 15.1 Å². The number of methoxy groups -OCH3 is 1. The summed E-state index contributed by atoms with van der Waals surface area (Å²) in [4.78, 5) is 9.04. The summed E-state index contributed by atoms with van der Waals surface area (Å²) in [5, 5.41) is 5.09. The Labute approximate surface area is 133 Å². The van der Waals surface area contributed by atoms with Crippen molar-refractivity contribution in [3.05, 3.63) is 35.7 Å². The van der Waals surface area contributed by atoms with E-state index >= 15 is 0 Å². The van der Waals surface area contributed by atoms with E-state index in [1.807, 2.05) is 31.2 Å². The van der Waals surface area contributed by atoms with Crippen LogP contribution in [0.3, 0.4) is 0 Å². The van der Waals surface area contributed by atoms with E-state index in [1.54, 1.807) is 7.11 Å². The van der Waals surface area contributed by atoms with Gasteiger partial charge in [-0.1, -0.05) is 17.3 Å². The van der Waals surface area contributed by atoms with Gasteiger partial charge in [0.2, 0.25) is 11.7 Å². The number of aromatic nitrogens is 3. The third-order valence-corrected chi connectivity index (χ3v) is 4.02. The fourth-order valence-corrected chi connectivity index (χ4v) is 2.82. The highest BCUT2D eigenvalue weighted by molar-refractivity contribution is 5.85. The van der Waals surface area contributed by atoms with Crippen molar-refractivity contribution < 1.29 is 14.0 Å². The van der Waals surface area contributed by atoms with Gasteiger partial charge in [-0.3, -0.25) is 0 Å². The highest BCUT2D eigenvalue weighted by atomic mass is 16.5. The molecular formula is C17H17N3O3. The van der Waals surface area contributed by atoms with Crippen LogP contribution in [0.15, 0.2) is 28.8 Å². The van der Waals surface area contributed by atoms with Gasteiger partial charge in [0.25, 0.3) is 5.89 Å². The molecule has 1 unspecified atom stereocenters. The van der Waals surface area contributed by atoms with E-state index in [0.29, 0.717) is 17.6 Å². The number of hydrogen-bond acceptors (Lipinski definition) is 6. The van der Waals surface area contributed by atoms with Gasteiger partial charge in [-0.2, -0.15) is 4.98 Å². The lowest BCUT2D eigenvalue weighted by atomic mass is 10.1. The summed E-state index contributed by atoms with van der Waals surface area (Å²) < 4.78 is 16.4. The Balaban J connectivity index is 1.79. The van der Waals surface area contributed by atoms with Crippen molar-refractivity contribution in [3.63, 3.8) is 0 Å². The van der Waals surface area contributed by atoms with Crippen molar-refractivity contribution in [2.75, 3.05) is 13.7 Å². The second-order valence-corrected chi connectivity index (χ2v) is 5.70. The number of hydrogen-bond donors (Lipinski definition) is 0. The molecule has 0 saturated carbocycles. The molecule has 3 aromatic rings. The minimum atomic E-state index is -0.0988. The summed E-state index contributed by atoms with van der Waals surface area (Å²) in [6.45, 7) is 2.77. The summed E-state index contributed by atoms with van der Waals surface area (Å²) >= 11 is 0. The smallest absolute Gasteiger partial charge is 0.256 e. The van der Waals surface area contributed by atoms with Crippen LogP contribution in [0.2, 0.25) is 0 Å². The fourth-order valence-electron chi connectivity index (χ4n) is 2.82. The maximum Gasteiger partial charge on any atom is 0.256 e. The number of nitrogens with zero attached hydrogens (tertiary/aromatic N) is 3. The van der Waals surface area contributed by atoms with Gasteiger partial charge in [0.1, 0.15) is 6.10 Å². The average Bonchev–Trinajstić information content (AvgIpc) is 3.24. The molecule has 1 saturated heterocycles. The van der Waals surface area contributed by atoms with E-state index in [9.17, 15) is 0 Å². The summed E-state index contributed by atoms with van der Waals surface area (Å²) in [5.41, 5.74) is 2.75. The van der Waals surface area contributed by atoms with Crippen molar-refractivity contribution in [1.29, 1.82) is 0 Å². The van der Waals surface area contributed by atoms with Crippen LogP contribution in [0.25, 0.3) is 22.3 Å². The Morgan fingerprint density at radius 1 is 1.22 bits per heavy atom. The van der Waals surface area contributed by atoms with Crippen LogP contribution in [0.4, 0.5) is 0 Å². The lowest BCUT2D eigenvalue weighted by Crippen LogP contribution is -1.97. The molecule has 0 bridgehead atoms. The molecule has 0 amide bonds. The fraction of sp³-hybridized carbons (Fsp3) is 0.353. The molecule has 1 fully saturated rings. The number of benzene rings is 1. The quantitative estimate of drug-likeness (QED) is 0.738. The SMILES string of the molecule is COc1nc2cc(C)ccc2cc1-c1noc(C2CCCO2)n1. The molecule has 3 heterocycles. The van der Waals surface area contributed by atoms with E-state index in [-0.39, 0.29) is 6.10 Å². The zero-order valence-electron chi connectivity index (χ0n) is 13.1. The molecule has 0 spiro atoms. The molecule has 6 heteroatoms. The van der Waals surface area contributed by atoms with Gasteiger partial charge in [0, 0.05) is 12.0 Å². The molecule has 6 nitrogen and oxygen atoms in total. The molecule has 1 atom stereocenters. The van der Waals surface area contributed by atoms with E-state index < -0.39 is 0 Å². The van der Waals surface area contributed by atoms with E-state index in [2.05, 4.69) is 15.1 Å². The minimum absolute atomic E-state index is 0.0988. The Morgan fingerprint density at radius 3 is 2.91 bits per heavy atom. The first kappa shape index (κ1) is 14.1. The predicted molar refractivity (Wildman–Crippen MR) is 84.3 cm³/mol. The van der Waals surface area contributed by atoms with Crippen molar-refractivity contribution in [3.8, 4) is 17.3 Å². The first-order valence-electron chi connectivity index (χ1n) is 7.65. The van der Waals surface area contributed by atoms with E-state index in [4.69, 9.17) is 14.0 Å². The molecule has 1 aliphatic rings. The molecule has 2 aromatic heterocycles. The van der Waals surface area contributed by atoms with Gasteiger partial charge in [-0.15, -0.1) is 0 Å². The lowest BCUT2D eigenvalue weighted by Gasteiger charge is -2.07. The molecule has 1 aliphatic heterocycles. The van der Waals surface area contributed by atoms with E-state index in [1.165, 1.54) is 0 Å². The number of ether oxygens (including phenoxy) is 2. The number of fused-ring (bicyclic) bond motifs is 1. The largest absolute Gasteiger partial charge is 0.480 e. The Kier molecular flexibility index (Phi) is 3.46. The maximum absolute atomic E-state index is 5.59. The summed E-state index contributed by atoms with van der Waals surface area (Å²) in [6, 6.07) is 8.08. The molecule has 4 rings (SSSR count). The lowest BCUT2D eigenvalue weighted by molar-refractivity contribution is 0.0835. The third-order valence-electron chi connectivity index (χ3n) is 4.02. The zero-order chi connectivity index (χ0) is 15.8. The molecule has 0 N–H and O–H groups in total. The van der Waals surface area contributed by atoms with Crippen molar-refractivity contribution in [2.45, 2.75) is 25.9 Å². The van der Waals surface area contributed by atoms with Crippen molar-refractivity contribution in [2.24, 2.45) is 0 Å². The summed E-state index contributed by atoms with van der Waals surface area (Å²) in [6.07, 6.45) is 1.83. The van der Waals surface area contributed by atoms with Gasteiger partial charge in [0.15, 0.2) is 0 Å². The molecule has 0 aliphatic carbocycles. The van der Waals surface area contributed by atoms with Crippen LogP contribution in [-0.2, 0) is 4.74 Å². The first-order chi connectivity index (χ1) is 11.2. The van der Waals surface area contributed by atoms with Gasteiger partial charge >= 0.3 is 0 Å². The van der Waals surface area contributed by atoms with Gasteiger partial charge in [-0.05, 0) is 37.5 Å². The minimum Gasteiger partial charge on any atom is -0.480 e. The number of aryl methyl sites for hydroxylation is 1. The predicted octanol–water partition coefficient (Wildman–Crippen LogP) is 3.45. The van der Waals surface area contributed by atoms with Crippen LogP contribution in [0.1, 0.15) is 30.4 Å². The second kappa shape index (κ2) is 5.62. The van der Waals surface area contributed by atoms with E-state index in [0.717, 1.165) is 41.5 Å². The van der Waals surface area contributed by atoms with Gasteiger partial charge < -0.3 is 14.0 Å². The van der Waals surface area contributed by atoms with Crippen LogP contribution < -0.4 is 4.74 Å². The van der Waals surface area contributed by atoms with Gasteiger partial charge in [0.05, 0.1) is 18.2 Å². The number of pyridine rings is 1. The Hall–Kier alpha value is -2.47. The van der Waals surface area contributed by atoms with Crippen LogP contribution in [-0.4, -0.2) is 28.8 Å². The summed E-state index contributed by atoms with van der Waals surface area (Å²) in [5.74, 6) is 1.48. The van der Waals surface area contributed by atoms with Crippen LogP contribution in [0.5, 0.6) is 5.88 Å². The molecular weight excluding hydrogens is 294 g/mol. The van der Waals surface area contributed by atoms with Gasteiger partial charge in [-0.25, -0.2) is 4.98 Å². The molecule has 23 heavy (non-hydrogen) atoms. The Morgan fingerprint density at radius 2 is 2.13 bits per heavy atom. The summed E-state index contributed by atoms with van der Waals surface area (Å²) in [7, 11) is 1.59. The molecule has 1 aromatic carbocycles. The maximum atomic E-state index is 5.59. The molecule has 118 valence electrons. The van der Waals surface area contributed by atoms with Crippen LogP contribution in [0, 0.1) is 6.92 Å². The third kappa shape index (κ3) is 2.55. The normalized spacial score (nSPS) is 17.7. The monoisotopic (exact) mass is 311 g/mol. The Bertz CT molecular complexity index is 853. The highest BCUT2D eigenvalue weighted by Crippen LogP contribution is 2.33.